The Balaban J connectivity index is 1.99. The van der Waals surface area contributed by atoms with E-state index in [4.69, 9.17) is 0 Å². The van der Waals surface area contributed by atoms with Crippen molar-refractivity contribution in [1.29, 1.82) is 0 Å². The molecule has 1 saturated heterocycles. The second-order valence-corrected chi connectivity index (χ2v) is 6.26. The molecule has 3 nitrogen and oxygen atoms in total. The van der Waals surface area contributed by atoms with E-state index in [-0.39, 0.29) is 5.56 Å². The zero-order valence-electron chi connectivity index (χ0n) is 12.6. The van der Waals surface area contributed by atoms with E-state index < -0.39 is 24.0 Å². The van der Waals surface area contributed by atoms with Crippen LogP contribution in [0, 0.1) is 5.82 Å². The van der Waals surface area contributed by atoms with Gasteiger partial charge < -0.3 is 10.1 Å². The molecule has 0 unspecified atom stereocenters. The number of piperazine rings is 1. The summed E-state index contributed by atoms with van der Waals surface area (Å²) in [5, 5.41) is 6.98. The lowest BCUT2D eigenvalue weighted by Crippen LogP contribution is -2.45. The van der Waals surface area contributed by atoms with Gasteiger partial charge >= 0.3 is 6.36 Å². The van der Waals surface area contributed by atoms with Crippen molar-refractivity contribution in [3.8, 4) is 5.75 Å². The van der Waals surface area contributed by atoms with Crippen molar-refractivity contribution in [3.05, 3.63) is 52.0 Å². The summed E-state index contributed by atoms with van der Waals surface area (Å²) in [5.74, 6) is -0.950. The van der Waals surface area contributed by atoms with Crippen LogP contribution < -0.4 is 10.1 Å². The van der Waals surface area contributed by atoms with Crippen molar-refractivity contribution < 1.29 is 22.3 Å². The van der Waals surface area contributed by atoms with Gasteiger partial charge in [-0.1, -0.05) is 0 Å². The predicted octanol–water partition coefficient (Wildman–Crippen LogP) is 3.78. The third kappa shape index (κ3) is 4.06. The van der Waals surface area contributed by atoms with Crippen molar-refractivity contribution in [3.63, 3.8) is 0 Å². The summed E-state index contributed by atoms with van der Waals surface area (Å²) in [6.45, 7) is 2.87. The number of benzene rings is 1. The first-order chi connectivity index (χ1) is 11.4. The zero-order chi connectivity index (χ0) is 17.2. The van der Waals surface area contributed by atoms with E-state index in [0.29, 0.717) is 13.1 Å². The summed E-state index contributed by atoms with van der Waals surface area (Å²) in [6, 6.07) is 4.60. The average molecular weight is 360 g/mol. The Morgan fingerprint density at radius 3 is 2.54 bits per heavy atom. The lowest BCUT2D eigenvalue weighted by molar-refractivity contribution is -0.274. The lowest BCUT2D eigenvalue weighted by atomic mass is 9.98. The SMILES string of the molecule is Fc1ccc(OC(F)(F)F)cc1[C@@H](c1ccsc1)N1CCNCC1. The van der Waals surface area contributed by atoms with Crippen LogP contribution in [0.15, 0.2) is 35.0 Å². The van der Waals surface area contributed by atoms with E-state index in [1.807, 2.05) is 16.8 Å². The number of alkyl halides is 3. The van der Waals surface area contributed by atoms with Crippen molar-refractivity contribution in [2.24, 2.45) is 0 Å². The molecule has 1 fully saturated rings. The number of nitrogens with one attached hydrogen (secondary N) is 1. The monoisotopic (exact) mass is 360 g/mol. The highest BCUT2D eigenvalue weighted by Crippen LogP contribution is 2.35. The van der Waals surface area contributed by atoms with E-state index in [1.165, 1.54) is 11.3 Å². The van der Waals surface area contributed by atoms with E-state index in [0.717, 1.165) is 36.9 Å². The molecule has 3 rings (SSSR count). The second-order valence-electron chi connectivity index (χ2n) is 5.48. The number of thiophene rings is 1. The number of hydrogen-bond donors (Lipinski definition) is 1. The molecular formula is C16H16F4N2OS. The molecule has 0 spiro atoms. The summed E-state index contributed by atoms with van der Waals surface area (Å²) in [6.07, 6.45) is -4.80. The van der Waals surface area contributed by atoms with Crippen LogP contribution in [-0.2, 0) is 0 Å². The normalized spacial score (nSPS) is 17.7. The third-order valence-corrected chi connectivity index (χ3v) is 4.57. The smallest absolute Gasteiger partial charge is 0.406 e. The van der Waals surface area contributed by atoms with Gasteiger partial charge in [0.15, 0.2) is 0 Å². The molecule has 24 heavy (non-hydrogen) atoms. The van der Waals surface area contributed by atoms with Gasteiger partial charge in [-0.25, -0.2) is 4.39 Å². The maximum absolute atomic E-state index is 14.4. The van der Waals surface area contributed by atoms with Crippen LogP contribution >= 0.6 is 11.3 Å². The predicted molar refractivity (Wildman–Crippen MR) is 83.7 cm³/mol. The molecule has 1 aromatic carbocycles. The van der Waals surface area contributed by atoms with Gasteiger partial charge in [0, 0.05) is 31.7 Å². The highest BCUT2D eigenvalue weighted by molar-refractivity contribution is 7.08. The van der Waals surface area contributed by atoms with Crippen LogP contribution in [-0.4, -0.2) is 37.4 Å². The van der Waals surface area contributed by atoms with Gasteiger partial charge in [-0.3, -0.25) is 4.90 Å². The Labute approximate surface area is 140 Å². The summed E-state index contributed by atoms with van der Waals surface area (Å²) in [4.78, 5) is 2.06. The number of halogens is 4. The van der Waals surface area contributed by atoms with Crippen molar-refractivity contribution in [2.45, 2.75) is 12.4 Å². The van der Waals surface area contributed by atoms with E-state index in [2.05, 4.69) is 15.0 Å². The topological polar surface area (TPSA) is 24.5 Å². The fraction of sp³-hybridized carbons (Fsp3) is 0.375. The van der Waals surface area contributed by atoms with Crippen LogP contribution in [0.5, 0.6) is 5.75 Å². The Morgan fingerprint density at radius 2 is 1.92 bits per heavy atom. The Hall–Kier alpha value is -1.64. The molecule has 0 aliphatic carbocycles. The van der Waals surface area contributed by atoms with Crippen LogP contribution in [0.3, 0.4) is 0 Å². The van der Waals surface area contributed by atoms with Gasteiger partial charge in [-0.05, 0) is 40.6 Å². The Bertz CT molecular complexity index is 669. The Kier molecular flexibility index (Phi) is 5.07. The minimum Gasteiger partial charge on any atom is -0.406 e. The summed E-state index contributed by atoms with van der Waals surface area (Å²) < 4.78 is 55.8. The molecule has 1 aromatic heterocycles. The lowest BCUT2D eigenvalue weighted by Gasteiger charge is -2.35. The molecule has 0 bridgehead atoms. The number of nitrogens with zero attached hydrogens (tertiary/aromatic N) is 1. The van der Waals surface area contributed by atoms with Gasteiger partial charge in [-0.2, -0.15) is 11.3 Å². The quantitative estimate of drug-likeness (QED) is 0.840. The largest absolute Gasteiger partial charge is 0.573 e. The average Bonchev–Trinajstić information content (AvgIpc) is 3.04. The first-order valence-corrected chi connectivity index (χ1v) is 8.40. The minimum atomic E-state index is -4.80. The van der Waals surface area contributed by atoms with Crippen molar-refractivity contribution in [2.75, 3.05) is 26.2 Å². The maximum Gasteiger partial charge on any atom is 0.573 e. The fourth-order valence-electron chi connectivity index (χ4n) is 2.89. The molecule has 2 aromatic rings. The van der Waals surface area contributed by atoms with Gasteiger partial charge in [0.25, 0.3) is 0 Å². The molecule has 0 amide bonds. The number of hydrogen-bond acceptors (Lipinski definition) is 4. The molecule has 1 aliphatic heterocycles. The van der Waals surface area contributed by atoms with Gasteiger partial charge in [0.05, 0.1) is 6.04 Å². The van der Waals surface area contributed by atoms with E-state index in [1.54, 1.807) is 0 Å². The van der Waals surface area contributed by atoms with Crippen LogP contribution in [0.2, 0.25) is 0 Å². The third-order valence-electron chi connectivity index (χ3n) is 3.87. The maximum atomic E-state index is 14.4. The van der Waals surface area contributed by atoms with Crippen LogP contribution in [0.4, 0.5) is 17.6 Å². The first-order valence-electron chi connectivity index (χ1n) is 7.46. The standard InChI is InChI=1S/C16H16F4N2OS/c17-14-2-1-12(23-16(18,19)20)9-13(14)15(11-3-8-24-10-11)22-6-4-21-5-7-22/h1-3,8-10,15,21H,4-7H2/t15-/m1/s1. The van der Waals surface area contributed by atoms with Crippen molar-refractivity contribution in [1.82, 2.24) is 10.2 Å². The molecule has 0 saturated carbocycles. The first kappa shape index (κ1) is 17.2. The second kappa shape index (κ2) is 7.08. The zero-order valence-corrected chi connectivity index (χ0v) is 13.5. The highest BCUT2D eigenvalue weighted by atomic mass is 32.1. The van der Waals surface area contributed by atoms with Crippen LogP contribution in [0.1, 0.15) is 17.2 Å². The fourth-order valence-corrected chi connectivity index (χ4v) is 3.57. The van der Waals surface area contributed by atoms with E-state index in [9.17, 15) is 17.6 Å². The van der Waals surface area contributed by atoms with Crippen LogP contribution in [0.25, 0.3) is 0 Å². The molecule has 2 heterocycles. The number of rotatable bonds is 4. The van der Waals surface area contributed by atoms with Gasteiger partial charge in [0.2, 0.25) is 0 Å². The number of ether oxygens (including phenoxy) is 1. The molecular weight excluding hydrogens is 344 g/mol. The molecule has 8 heteroatoms. The molecule has 0 radical (unpaired) electrons. The molecule has 130 valence electrons. The van der Waals surface area contributed by atoms with E-state index >= 15 is 0 Å². The van der Waals surface area contributed by atoms with Gasteiger partial charge in [-0.15, -0.1) is 13.2 Å². The molecule has 1 N–H and O–H groups in total. The summed E-state index contributed by atoms with van der Waals surface area (Å²) >= 11 is 1.47. The minimum absolute atomic E-state index is 0.192. The summed E-state index contributed by atoms with van der Waals surface area (Å²) in [5.41, 5.74) is 1.06. The van der Waals surface area contributed by atoms with Crippen molar-refractivity contribution >= 4 is 11.3 Å². The molecule has 1 atom stereocenters. The van der Waals surface area contributed by atoms with Gasteiger partial charge in [0.1, 0.15) is 11.6 Å². The Morgan fingerprint density at radius 1 is 1.17 bits per heavy atom. The summed E-state index contributed by atoms with van der Waals surface area (Å²) in [7, 11) is 0. The highest BCUT2D eigenvalue weighted by Gasteiger charge is 2.32. The molecule has 1 aliphatic rings.